The van der Waals surface area contributed by atoms with Gasteiger partial charge in [0.1, 0.15) is 0 Å². The first kappa shape index (κ1) is 15.1. The third kappa shape index (κ3) is 4.61. The molecule has 0 heterocycles. The van der Waals surface area contributed by atoms with Crippen LogP contribution in [-0.2, 0) is 4.74 Å². The molecule has 2 aliphatic rings. The summed E-state index contributed by atoms with van der Waals surface area (Å²) in [5.41, 5.74) is 6.31. The highest BCUT2D eigenvalue weighted by Gasteiger charge is 2.27. The highest BCUT2D eigenvalue weighted by Crippen LogP contribution is 2.31. The zero-order chi connectivity index (χ0) is 13.7. The zero-order valence-electron chi connectivity index (χ0n) is 12.7. The molecule has 2 aliphatic carbocycles. The van der Waals surface area contributed by atoms with Gasteiger partial charge in [-0.05, 0) is 56.8 Å². The maximum absolute atomic E-state index is 6.31. The molecule has 2 heteroatoms. The molecular formula is C17H31NO. The van der Waals surface area contributed by atoms with Crippen molar-refractivity contribution in [2.75, 3.05) is 6.61 Å². The molecule has 0 aromatic heterocycles. The van der Waals surface area contributed by atoms with Crippen LogP contribution in [0.5, 0.6) is 0 Å². The minimum Gasteiger partial charge on any atom is -0.378 e. The number of hydrogen-bond donors (Lipinski definition) is 1. The van der Waals surface area contributed by atoms with E-state index in [0.29, 0.717) is 18.1 Å². The number of allylic oxidation sites excluding steroid dienone is 1. The Morgan fingerprint density at radius 2 is 1.79 bits per heavy atom. The lowest BCUT2D eigenvalue weighted by molar-refractivity contribution is 0.0238. The van der Waals surface area contributed by atoms with Gasteiger partial charge in [-0.15, -0.1) is 0 Å². The van der Waals surface area contributed by atoms with Crippen molar-refractivity contribution in [2.24, 2.45) is 23.5 Å². The summed E-state index contributed by atoms with van der Waals surface area (Å²) in [5.74, 6) is 2.33. The van der Waals surface area contributed by atoms with Crippen LogP contribution in [0.1, 0.15) is 58.8 Å². The molecule has 2 saturated carbocycles. The Kier molecular flexibility index (Phi) is 5.90. The van der Waals surface area contributed by atoms with Crippen LogP contribution in [0, 0.1) is 17.8 Å². The Morgan fingerprint density at radius 3 is 2.42 bits per heavy atom. The van der Waals surface area contributed by atoms with Gasteiger partial charge in [-0.1, -0.05) is 31.9 Å². The third-order valence-corrected chi connectivity index (χ3v) is 5.00. The van der Waals surface area contributed by atoms with Gasteiger partial charge in [-0.2, -0.15) is 0 Å². The Balaban J connectivity index is 1.76. The van der Waals surface area contributed by atoms with Crippen LogP contribution in [0.4, 0.5) is 0 Å². The molecule has 0 aromatic rings. The predicted octanol–water partition coefficient (Wildman–Crippen LogP) is 3.90. The van der Waals surface area contributed by atoms with Crippen molar-refractivity contribution in [3.05, 3.63) is 12.2 Å². The minimum atomic E-state index is 0.295. The second kappa shape index (κ2) is 7.44. The fourth-order valence-corrected chi connectivity index (χ4v) is 3.59. The Labute approximate surface area is 118 Å². The summed E-state index contributed by atoms with van der Waals surface area (Å²) >= 11 is 0. The molecule has 0 radical (unpaired) electrons. The van der Waals surface area contributed by atoms with Crippen molar-refractivity contribution >= 4 is 0 Å². The van der Waals surface area contributed by atoms with Crippen molar-refractivity contribution in [1.29, 1.82) is 0 Å². The van der Waals surface area contributed by atoms with Crippen molar-refractivity contribution in [3.8, 4) is 0 Å². The van der Waals surface area contributed by atoms with Crippen LogP contribution < -0.4 is 5.73 Å². The van der Waals surface area contributed by atoms with Crippen LogP contribution in [0.25, 0.3) is 0 Å². The molecule has 0 aromatic carbocycles. The van der Waals surface area contributed by atoms with Crippen molar-refractivity contribution in [3.63, 3.8) is 0 Å². The highest BCUT2D eigenvalue weighted by molar-refractivity contribution is 5.00. The molecule has 2 fully saturated rings. The molecule has 0 aliphatic heterocycles. The van der Waals surface area contributed by atoms with Gasteiger partial charge in [0.15, 0.2) is 0 Å². The van der Waals surface area contributed by atoms with Gasteiger partial charge in [-0.3, -0.25) is 0 Å². The van der Waals surface area contributed by atoms with Crippen LogP contribution >= 0.6 is 0 Å². The lowest BCUT2D eigenvalue weighted by Crippen LogP contribution is -2.38. The molecule has 0 amide bonds. The number of ether oxygens (including phenoxy) is 1. The molecule has 110 valence electrons. The Morgan fingerprint density at radius 1 is 1.05 bits per heavy atom. The summed E-state index contributed by atoms with van der Waals surface area (Å²) in [5, 5.41) is 0. The van der Waals surface area contributed by atoms with Crippen LogP contribution in [0.2, 0.25) is 0 Å². The van der Waals surface area contributed by atoms with Crippen molar-refractivity contribution in [2.45, 2.75) is 70.9 Å². The second-order valence-electron chi connectivity index (χ2n) is 6.62. The molecule has 0 saturated heterocycles. The SMILES string of the molecule is CCOC1CCC(C=CC2CCC(C)CC2)C(N)C1. The van der Waals surface area contributed by atoms with Gasteiger partial charge in [0.05, 0.1) is 6.10 Å². The van der Waals surface area contributed by atoms with E-state index in [9.17, 15) is 0 Å². The summed E-state index contributed by atoms with van der Waals surface area (Å²) in [6.07, 6.45) is 14.3. The van der Waals surface area contributed by atoms with Crippen molar-refractivity contribution < 1.29 is 4.74 Å². The number of rotatable bonds is 4. The average Bonchev–Trinajstić information content (AvgIpc) is 2.40. The molecule has 3 unspecified atom stereocenters. The summed E-state index contributed by atoms with van der Waals surface area (Å²) in [4.78, 5) is 0. The smallest absolute Gasteiger partial charge is 0.0590 e. The summed E-state index contributed by atoms with van der Waals surface area (Å²) in [7, 11) is 0. The van der Waals surface area contributed by atoms with Crippen LogP contribution in [0.15, 0.2) is 12.2 Å². The Hall–Kier alpha value is -0.340. The monoisotopic (exact) mass is 265 g/mol. The van der Waals surface area contributed by atoms with Crippen molar-refractivity contribution in [1.82, 2.24) is 0 Å². The minimum absolute atomic E-state index is 0.295. The first-order valence-electron chi connectivity index (χ1n) is 8.24. The van der Waals surface area contributed by atoms with Crippen LogP contribution in [0.3, 0.4) is 0 Å². The van der Waals surface area contributed by atoms with E-state index in [1.165, 1.54) is 38.5 Å². The first-order chi connectivity index (χ1) is 9.19. The summed E-state index contributed by atoms with van der Waals surface area (Å²) in [6, 6.07) is 0.295. The highest BCUT2D eigenvalue weighted by atomic mass is 16.5. The maximum atomic E-state index is 6.31. The van der Waals surface area contributed by atoms with E-state index in [1.54, 1.807) is 0 Å². The van der Waals surface area contributed by atoms with E-state index in [4.69, 9.17) is 10.5 Å². The van der Waals surface area contributed by atoms with E-state index < -0.39 is 0 Å². The normalized spacial score (nSPS) is 40.7. The van der Waals surface area contributed by atoms with Gasteiger partial charge in [0.25, 0.3) is 0 Å². The topological polar surface area (TPSA) is 35.2 Å². The van der Waals surface area contributed by atoms with Gasteiger partial charge >= 0.3 is 0 Å². The average molecular weight is 265 g/mol. The maximum Gasteiger partial charge on any atom is 0.0590 e. The fraction of sp³-hybridized carbons (Fsp3) is 0.882. The third-order valence-electron chi connectivity index (χ3n) is 5.00. The Bertz CT molecular complexity index is 281. The van der Waals surface area contributed by atoms with E-state index in [0.717, 1.165) is 24.9 Å². The molecule has 3 atom stereocenters. The van der Waals surface area contributed by atoms with E-state index in [1.807, 2.05) is 0 Å². The molecule has 2 rings (SSSR count). The summed E-state index contributed by atoms with van der Waals surface area (Å²) < 4.78 is 5.70. The fourth-order valence-electron chi connectivity index (χ4n) is 3.59. The molecule has 0 spiro atoms. The second-order valence-corrected chi connectivity index (χ2v) is 6.62. The van der Waals surface area contributed by atoms with E-state index >= 15 is 0 Å². The quantitative estimate of drug-likeness (QED) is 0.782. The number of nitrogens with two attached hydrogens (primary N) is 1. The van der Waals surface area contributed by atoms with Gasteiger partial charge in [-0.25, -0.2) is 0 Å². The molecule has 0 bridgehead atoms. The standard InChI is InChI=1S/C17H31NO/c1-3-19-16-11-10-15(17(18)12-16)9-8-14-6-4-13(2)5-7-14/h8-9,13-17H,3-7,10-12,18H2,1-2H3. The first-order valence-corrected chi connectivity index (χ1v) is 8.24. The lowest BCUT2D eigenvalue weighted by atomic mass is 9.80. The molecule has 2 N–H and O–H groups in total. The van der Waals surface area contributed by atoms with E-state index in [-0.39, 0.29) is 0 Å². The number of hydrogen-bond acceptors (Lipinski definition) is 2. The molecular weight excluding hydrogens is 234 g/mol. The van der Waals surface area contributed by atoms with E-state index in [2.05, 4.69) is 26.0 Å². The molecule has 19 heavy (non-hydrogen) atoms. The largest absolute Gasteiger partial charge is 0.378 e. The summed E-state index contributed by atoms with van der Waals surface area (Å²) in [6.45, 7) is 5.27. The van der Waals surface area contributed by atoms with Gasteiger partial charge in [0, 0.05) is 12.6 Å². The molecule has 2 nitrogen and oxygen atoms in total. The lowest BCUT2D eigenvalue weighted by Gasteiger charge is -2.32. The predicted molar refractivity (Wildman–Crippen MR) is 81.0 cm³/mol. The van der Waals surface area contributed by atoms with Crippen LogP contribution in [-0.4, -0.2) is 18.8 Å². The van der Waals surface area contributed by atoms with Gasteiger partial charge in [0.2, 0.25) is 0 Å². The van der Waals surface area contributed by atoms with Gasteiger partial charge < -0.3 is 10.5 Å². The zero-order valence-corrected chi connectivity index (χ0v) is 12.7.